The van der Waals surface area contributed by atoms with Gasteiger partial charge in [0.15, 0.2) is 0 Å². The van der Waals surface area contributed by atoms with E-state index in [0.29, 0.717) is 18.9 Å². The Morgan fingerprint density at radius 2 is 2.05 bits per heavy atom. The maximum atomic E-state index is 13.5. The molecule has 1 atom stereocenters. The monoisotopic (exact) mass is 293 g/mol. The molecule has 0 aliphatic rings. The highest BCUT2D eigenvalue weighted by atomic mass is 19.4. The van der Waals surface area contributed by atoms with Crippen molar-refractivity contribution < 1.29 is 27.5 Å². The molecule has 0 spiro atoms. The smallest absolute Gasteiger partial charge is 0.416 e. The quantitative estimate of drug-likeness (QED) is 0.782. The number of benzene rings is 1. The van der Waals surface area contributed by atoms with Crippen molar-refractivity contribution in [2.75, 3.05) is 5.32 Å². The first-order chi connectivity index (χ1) is 9.20. The predicted octanol–water partition coefficient (Wildman–Crippen LogP) is 3.90. The van der Waals surface area contributed by atoms with E-state index in [2.05, 4.69) is 5.32 Å². The third-order valence-corrected chi connectivity index (χ3v) is 2.73. The molecule has 3 nitrogen and oxygen atoms in total. The lowest BCUT2D eigenvalue weighted by Crippen LogP contribution is -2.17. The second-order valence-electron chi connectivity index (χ2n) is 4.52. The molecule has 20 heavy (non-hydrogen) atoms. The van der Waals surface area contributed by atoms with Crippen LogP contribution in [-0.2, 0) is 11.0 Å². The highest BCUT2D eigenvalue weighted by molar-refractivity contribution is 5.66. The summed E-state index contributed by atoms with van der Waals surface area (Å²) in [5.74, 6) is -1.90. The van der Waals surface area contributed by atoms with E-state index >= 15 is 0 Å². The number of rotatable bonds is 6. The summed E-state index contributed by atoms with van der Waals surface area (Å²) >= 11 is 0. The number of hydrogen-bond donors (Lipinski definition) is 2. The van der Waals surface area contributed by atoms with Crippen LogP contribution in [-0.4, -0.2) is 17.1 Å². The maximum absolute atomic E-state index is 13.5. The molecule has 0 aromatic heterocycles. The highest BCUT2D eigenvalue weighted by Crippen LogP contribution is 2.31. The third-order valence-electron chi connectivity index (χ3n) is 2.73. The number of halogens is 4. The van der Waals surface area contributed by atoms with Crippen LogP contribution in [0.15, 0.2) is 18.2 Å². The molecular formula is C13H15F4NO2. The topological polar surface area (TPSA) is 49.3 Å². The van der Waals surface area contributed by atoms with E-state index in [9.17, 15) is 22.4 Å². The van der Waals surface area contributed by atoms with Gasteiger partial charge in [-0.1, -0.05) is 0 Å². The van der Waals surface area contributed by atoms with Gasteiger partial charge in [-0.15, -0.1) is 0 Å². The van der Waals surface area contributed by atoms with Crippen molar-refractivity contribution in [2.24, 2.45) is 0 Å². The highest BCUT2D eigenvalue weighted by Gasteiger charge is 2.31. The van der Waals surface area contributed by atoms with E-state index in [-0.39, 0.29) is 18.2 Å². The van der Waals surface area contributed by atoms with Crippen molar-refractivity contribution in [3.05, 3.63) is 29.6 Å². The zero-order valence-corrected chi connectivity index (χ0v) is 10.8. The van der Waals surface area contributed by atoms with Crippen LogP contribution >= 0.6 is 0 Å². The lowest BCUT2D eigenvalue weighted by molar-refractivity contribution is -0.138. The minimum atomic E-state index is -4.58. The maximum Gasteiger partial charge on any atom is 0.416 e. The number of carboxylic acid groups (broad SMARTS) is 1. The Labute approximate surface area is 113 Å². The van der Waals surface area contributed by atoms with Crippen molar-refractivity contribution in [1.29, 1.82) is 0 Å². The summed E-state index contributed by atoms with van der Waals surface area (Å²) in [7, 11) is 0. The lowest BCUT2D eigenvalue weighted by Gasteiger charge is -2.16. The molecule has 0 saturated heterocycles. The molecule has 1 unspecified atom stereocenters. The van der Waals surface area contributed by atoms with Gasteiger partial charge in [-0.05, 0) is 38.0 Å². The van der Waals surface area contributed by atoms with Crippen LogP contribution in [0, 0.1) is 5.82 Å². The molecule has 0 fully saturated rings. The number of hydrogen-bond acceptors (Lipinski definition) is 2. The molecular weight excluding hydrogens is 278 g/mol. The van der Waals surface area contributed by atoms with Gasteiger partial charge >= 0.3 is 12.1 Å². The fourth-order valence-corrected chi connectivity index (χ4v) is 1.71. The molecule has 0 bridgehead atoms. The molecule has 0 radical (unpaired) electrons. The van der Waals surface area contributed by atoms with Crippen molar-refractivity contribution >= 4 is 11.7 Å². The Morgan fingerprint density at radius 1 is 1.40 bits per heavy atom. The molecule has 2 N–H and O–H groups in total. The standard InChI is InChI=1S/C13H15F4NO2/c1-8(3-2-4-12(19)20)18-11-6-5-9(7-10(11)14)13(15,16)17/h5-8,18H,2-4H2,1H3,(H,19,20). The van der Waals surface area contributed by atoms with Crippen LogP contribution < -0.4 is 5.32 Å². The largest absolute Gasteiger partial charge is 0.481 e. The Hall–Kier alpha value is -1.79. The van der Waals surface area contributed by atoms with E-state index in [1.807, 2.05) is 0 Å². The second-order valence-corrected chi connectivity index (χ2v) is 4.52. The fourth-order valence-electron chi connectivity index (χ4n) is 1.71. The van der Waals surface area contributed by atoms with Crippen molar-refractivity contribution in [3.63, 3.8) is 0 Å². The Balaban J connectivity index is 2.62. The van der Waals surface area contributed by atoms with Gasteiger partial charge < -0.3 is 10.4 Å². The van der Waals surface area contributed by atoms with Gasteiger partial charge in [0.05, 0.1) is 11.3 Å². The lowest BCUT2D eigenvalue weighted by atomic mass is 10.1. The number of aliphatic carboxylic acids is 1. The van der Waals surface area contributed by atoms with E-state index < -0.39 is 23.5 Å². The minimum Gasteiger partial charge on any atom is -0.481 e. The van der Waals surface area contributed by atoms with Crippen molar-refractivity contribution in [1.82, 2.24) is 0 Å². The van der Waals surface area contributed by atoms with Gasteiger partial charge in [-0.3, -0.25) is 4.79 Å². The summed E-state index contributed by atoms with van der Waals surface area (Å²) in [5.41, 5.74) is -1.07. The predicted molar refractivity (Wildman–Crippen MR) is 66.0 cm³/mol. The van der Waals surface area contributed by atoms with Crippen LogP contribution in [0.1, 0.15) is 31.7 Å². The molecule has 0 saturated carbocycles. The van der Waals surface area contributed by atoms with Gasteiger partial charge in [0.25, 0.3) is 0 Å². The summed E-state index contributed by atoms with van der Waals surface area (Å²) < 4.78 is 50.6. The summed E-state index contributed by atoms with van der Waals surface area (Å²) in [5, 5.41) is 11.2. The number of carboxylic acids is 1. The summed E-state index contributed by atoms with van der Waals surface area (Å²) in [6.45, 7) is 1.71. The molecule has 0 amide bonds. The van der Waals surface area contributed by atoms with Gasteiger partial charge in [0.1, 0.15) is 5.82 Å². The molecule has 0 aliphatic heterocycles. The Morgan fingerprint density at radius 3 is 2.55 bits per heavy atom. The molecule has 7 heteroatoms. The summed E-state index contributed by atoms with van der Waals surface area (Å²) in [4.78, 5) is 10.3. The second kappa shape index (κ2) is 6.58. The van der Waals surface area contributed by atoms with Crippen LogP contribution in [0.5, 0.6) is 0 Å². The zero-order chi connectivity index (χ0) is 15.3. The van der Waals surface area contributed by atoms with Crippen LogP contribution in [0.3, 0.4) is 0 Å². The first-order valence-electron chi connectivity index (χ1n) is 6.05. The zero-order valence-electron chi connectivity index (χ0n) is 10.8. The fraction of sp³-hybridized carbons (Fsp3) is 0.462. The van der Waals surface area contributed by atoms with Gasteiger partial charge in [0.2, 0.25) is 0 Å². The number of carbonyl (C=O) groups is 1. The van der Waals surface area contributed by atoms with E-state index in [1.54, 1.807) is 6.92 Å². The normalized spacial score (nSPS) is 13.1. The molecule has 1 rings (SSSR count). The Bertz CT molecular complexity index is 474. The van der Waals surface area contributed by atoms with Gasteiger partial charge in [-0.2, -0.15) is 13.2 Å². The third kappa shape index (κ3) is 5.07. The number of nitrogens with one attached hydrogen (secondary N) is 1. The number of alkyl halides is 3. The van der Waals surface area contributed by atoms with E-state index in [4.69, 9.17) is 5.11 Å². The first-order valence-corrected chi connectivity index (χ1v) is 6.05. The average Bonchev–Trinajstić information content (AvgIpc) is 2.29. The van der Waals surface area contributed by atoms with Crippen molar-refractivity contribution in [2.45, 2.75) is 38.4 Å². The average molecular weight is 293 g/mol. The van der Waals surface area contributed by atoms with Gasteiger partial charge in [0, 0.05) is 12.5 Å². The van der Waals surface area contributed by atoms with E-state index in [0.717, 1.165) is 12.1 Å². The summed E-state index contributed by atoms with van der Waals surface area (Å²) in [6.07, 6.45) is -3.69. The molecule has 1 aromatic carbocycles. The molecule has 0 aliphatic carbocycles. The number of anilines is 1. The summed E-state index contributed by atoms with van der Waals surface area (Å²) in [6, 6.07) is 2.04. The molecule has 1 aromatic rings. The van der Waals surface area contributed by atoms with Crippen molar-refractivity contribution in [3.8, 4) is 0 Å². The molecule has 112 valence electrons. The molecule has 0 heterocycles. The van der Waals surface area contributed by atoms with E-state index in [1.165, 1.54) is 0 Å². The SMILES string of the molecule is CC(CCCC(=O)O)Nc1ccc(C(F)(F)F)cc1F. The van der Waals surface area contributed by atoms with Crippen LogP contribution in [0.4, 0.5) is 23.2 Å². The van der Waals surface area contributed by atoms with Crippen LogP contribution in [0.2, 0.25) is 0 Å². The Kier molecular flexibility index (Phi) is 5.35. The van der Waals surface area contributed by atoms with Crippen LogP contribution in [0.25, 0.3) is 0 Å². The minimum absolute atomic E-state index is 0.00150. The first kappa shape index (κ1) is 16.3. The van der Waals surface area contributed by atoms with Gasteiger partial charge in [-0.25, -0.2) is 4.39 Å².